The van der Waals surface area contributed by atoms with Gasteiger partial charge >= 0.3 is 6.03 Å². The number of rotatable bonds is 4. The maximum Gasteiger partial charge on any atom is 0.354 e. The van der Waals surface area contributed by atoms with Crippen molar-refractivity contribution in [2.45, 2.75) is 50.0 Å². The number of carbonyl (C=O) groups is 1. The second-order valence-corrected chi connectivity index (χ2v) is 10.1. The number of nitrogens with zero attached hydrogens (tertiary/aromatic N) is 2. The highest BCUT2D eigenvalue weighted by Gasteiger charge is 2.27. The SMILES string of the molecule is NS(=O)(=NC(=O)Nc1c2c(cc3c1CC3)CCC2)c1ccc(CN2CCC2)cc1F. The highest BCUT2D eigenvalue weighted by molar-refractivity contribution is 7.91. The van der Waals surface area contributed by atoms with Crippen LogP contribution in [-0.4, -0.2) is 28.2 Å². The lowest BCUT2D eigenvalue weighted by molar-refractivity contribution is 0.172. The molecule has 2 aromatic rings. The third kappa shape index (κ3) is 3.53. The highest BCUT2D eigenvalue weighted by Crippen LogP contribution is 2.39. The molecule has 0 saturated carbocycles. The standard InChI is InChI=1S/C22H25FN4O2S/c23-19-11-14(13-27-9-2-10-27)5-8-20(19)30(24,29)26-22(28)25-21-17-4-1-3-15(17)12-16-6-7-18(16)21/h5,8,11-12H,1-4,6-7,9-10,13H2,(H3,24,25,26,28,29). The molecule has 0 bridgehead atoms. The first-order valence-corrected chi connectivity index (χ1v) is 12.0. The molecule has 2 amide bonds. The molecule has 30 heavy (non-hydrogen) atoms. The molecule has 158 valence electrons. The number of nitrogens with one attached hydrogen (secondary N) is 1. The van der Waals surface area contributed by atoms with Crippen molar-refractivity contribution in [1.29, 1.82) is 0 Å². The summed E-state index contributed by atoms with van der Waals surface area (Å²) in [5.41, 5.74) is 6.37. The maximum atomic E-state index is 14.6. The van der Waals surface area contributed by atoms with Gasteiger partial charge in [-0.25, -0.2) is 18.5 Å². The number of halogens is 1. The van der Waals surface area contributed by atoms with Crippen LogP contribution in [0, 0.1) is 5.82 Å². The molecule has 0 aromatic heterocycles. The highest BCUT2D eigenvalue weighted by atomic mass is 32.2. The van der Waals surface area contributed by atoms with E-state index in [-0.39, 0.29) is 4.90 Å². The topological polar surface area (TPSA) is 87.8 Å². The van der Waals surface area contributed by atoms with E-state index in [1.807, 2.05) is 0 Å². The second-order valence-electron chi connectivity index (χ2n) is 8.37. The molecule has 1 unspecified atom stereocenters. The summed E-state index contributed by atoms with van der Waals surface area (Å²) in [5, 5.41) is 8.63. The number of fused-ring (bicyclic) bond motifs is 2. The number of anilines is 1. The smallest absolute Gasteiger partial charge is 0.305 e. The minimum atomic E-state index is -3.69. The molecule has 0 spiro atoms. The Labute approximate surface area is 176 Å². The van der Waals surface area contributed by atoms with E-state index in [1.54, 1.807) is 6.07 Å². The Balaban J connectivity index is 1.39. The number of urea groups is 1. The Morgan fingerprint density at radius 1 is 1.10 bits per heavy atom. The second kappa shape index (κ2) is 7.44. The van der Waals surface area contributed by atoms with Crippen LogP contribution in [0.15, 0.2) is 33.5 Å². The fraction of sp³-hybridized carbons (Fsp3) is 0.409. The quantitative estimate of drug-likeness (QED) is 0.781. The Bertz CT molecular complexity index is 1170. The van der Waals surface area contributed by atoms with Gasteiger partial charge in [0.05, 0.1) is 4.90 Å². The Hall–Kier alpha value is -2.29. The number of nitrogens with two attached hydrogens (primary N) is 1. The van der Waals surface area contributed by atoms with Gasteiger partial charge in [-0.2, -0.15) is 0 Å². The van der Waals surface area contributed by atoms with Crippen molar-refractivity contribution in [1.82, 2.24) is 4.90 Å². The first-order chi connectivity index (χ1) is 14.4. The summed E-state index contributed by atoms with van der Waals surface area (Å²) in [6, 6.07) is 5.86. The molecule has 1 saturated heterocycles. The van der Waals surface area contributed by atoms with Gasteiger partial charge in [0.2, 0.25) is 0 Å². The van der Waals surface area contributed by atoms with Gasteiger partial charge in [0.1, 0.15) is 15.7 Å². The summed E-state index contributed by atoms with van der Waals surface area (Å²) in [6.07, 6.45) is 6.03. The van der Waals surface area contributed by atoms with Crippen LogP contribution in [0.25, 0.3) is 0 Å². The third-order valence-electron chi connectivity index (χ3n) is 6.36. The number of aryl methyl sites for hydroxylation is 2. The molecule has 1 atom stereocenters. The average molecular weight is 429 g/mol. The maximum absolute atomic E-state index is 14.6. The molecule has 8 heteroatoms. The Morgan fingerprint density at radius 2 is 1.87 bits per heavy atom. The summed E-state index contributed by atoms with van der Waals surface area (Å²) < 4.78 is 31.2. The summed E-state index contributed by atoms with van der Waals surface area (Å²) in [4.78, 5) is 14.5. The molecule has 5 rings (SSSR count). The van der Waals surface area contributed by atoms with Crippen LogP contribution in [0.2, 0.25) is 0 Å². The van der Waals surface area contributed by atoms with Crippen molar-refractivity contribution < 1.29 is 13.4 Å². The molecule has 1 aliphatic heterocycles. The fourth-order valence-corrected chi connectivity index (χ4v) is 5.57. The molecule has 2 aliphatic carbocycles. The Kier molecular flexibility index (Phi) is 4.88. The molecule has 0 radical (unpaired) electrons. The van der Waals surface area contributed by atoms with Crippen LogP contribution in [0.3, 0.4) is 0 Å². The van der Waals surface area contributed by atoms with Crippen molar-refractivity contribution in [2.75, 3.05) is 18.4 Å². The molecule has 1 fully saturated rings. The molecular weight excluding hydrogens is 403 g/mol. The van der Waals surface area contributed by atoms with Gasteiger partial charge in [-0.1, -0.05) is 12.1 Å². The third-order valence-corrected chi connectivity index (χ3v) is 7.76. The van der Waals surface area contributed by atoms with Crippen LogP contribution >= 0.6 is 0 Å². The monoisotopic (exact) mass is 428 g/mol. The van der Waals surface area contributed by atoms with Crippen LogP contribution in [0.1, 0.15) is 40.7 Å². The zero-order valence-corrected chi connectivity index (χ0v) is 17.6. The number of benzene rings is 2. The van der Waals surface area contributed by atoms with E-state index < -0.39 is 21.8 Å². The minimum Gasteiger partial charge on any atom is -0.305 e. The van der Waals surface area contributed by atoms with Gasteiger partial charge < -0.3 is 5.32 Å². The fourth-order valence-electron chi connectivity index (χ4n) is 4.57. The summed E-state index contributed by atoms with van der Waals surface area (Å²) in [5.74, 6) is -0.693. The predicted molar refractivity (Wildman–Crippen MR) is 114 cm³/mol. The Morgan fingerprint density at radius 3 is 2.53 bits per heavy atom. The summed E-state index contributed by atoms with van der Waals surface area (Å²) >= 11 is 0. The van der Waals surface area contributed by atoms with Gasteiger partial charge in [0.25, 0.3) is 0 Å². The lowest BCUT2D eigenvalue weighted by atomic mass is 9.83. The largest absolute Gasteiger partial charge is 0.354 e. The lowest BCUT2D eigenvalue weighted by Gasteiger charge is -2.30. The summed E-state index contributed by atoms with van der Waals surface area (Å²) in [6.45, 7) is 2.64. The van der Waals surface area contributed by atoms with Crippen LogP contribution in [0.4, 0.5) is 14.9 Å². The molecule has 3 N–H and O–H groups in total. The van der Waals surface area contributed by atoms with Crippen LogP contribution in [-0.2, 0) is 42.1 Å². The van der Waals surface area contributed by atoms with E-state index >= 15 is 0 Å². The van der Waals surface area contributed by atoms with Crippen molar-refractivity contribution >= 4 is 21.6 Å². The molecule has 2 aromatic carbocycles. The van der Waals surface area contributed by atoms with Gasteiger partial charge in [0.15, 0.2) is 0 Å². The first kappa shape index (κ1) is 19.7. The van der Waals surface area contributed by atoms with E-state index in [2.05, 4.69) is 20.6 Å². The number of likely N-dealkylation sites (tertiary alicyclic amines) is 1. The van der Waals surface area contributed by atoms with Gasteiger partial charge in [-0.15, -0.1) is 4.36 Å². The lowest BCUT2D eigenvalue weighted by Crippen LogP contribution is -2.36. The zero-order valence-electron chi connectivity index (χ0n) is 16.7. The van der Waals surface area contributed by atoms with Crippen molar-refractivity contribution in [3.8, 4) is 0 Å². The number of hydrogen-bond acceptors (Lipinski definition) is 3. The van der Waals surface area contributed by atoms with Crippen LogP contribution < -0.4 is 10.5 Å². The average Bonchev–Trinajstić information content (AvgIpc) is 3.08. The van der Waals surface area contributed by atoms with Crippen molar-refractivity contribution in [3.05, 3.63) is 57.9 Å². The van der Waals surface area contributed by atoms with Gasteiger partial charge in [-0.05, 0) is 91.6 Å². The number of amides is 2. The molecule has 3 aliphatic rings. The van der Waals surface area contributed by atoms with Crippen LogP contribution in [0.5, 0.6) is 0 Å². The van der Waals surface area contributed by atoms with E-state index in [1.165, 1.54) is 23.3 Å². The zero-order chi connectivity index (χ0) is 20.9. The first-order valence-electron chi connectivity index (χ1n) is 10.4. The van der Waals surface area contributed by atoms with Gasteiger partial charge in [-0.3, -0.25) is 4.90 Å². The number of hydrogen-bond donors (Lipinski definition) is 2. The molecule has 6 nitrogen and oxygen atoms in total. The molecule has 1 heterocycles. The van der Waals surface area contributed by atoms with Crippen molar-refractivity contribution in [2.24, 2.45) is 9.50 Å². The minimum absolute atomic E-state index is 0.240. The van der Waals surface area contributed by atoms with E-state index in [0.29, 0.717) is 6.54 Å². The van der Waals surface area contributed by atoms with Crippen molar-refractivity contribution in [3.63, 3.8) is 0 Å². The van der Waals surface area contributed by atoms with E-state index in [0.717, 1.165) is 74.0 Å². The van der Waals surface area contributed by atoms with E-state index in [9.17, 15) is 13.4 Å². The summed E-state index contributed by atoms with van der Waals surface area (Å²) in [7, 11) is -3.69. The predicted octanol–water partition coefficient (Wildman–Crippen LogP) is 3.55. The normalized spacial score (nSPS) is 19.1. The molecular formula is C22H25FN4O2S. The van der Waals surface area contributed by atoms with Gasteiger partial charge in [0, 0.05) is 12.2 Å². The van der Waals surface area contributed by atoms with E-state index in [4.69, 9.17) is 5.14 Å². The number of carbonyl (C=O) groups excluding carboxylic acids is 1.